The lowest BCUT2D eigenvalue weighted by atomic mass is 9.94. The summed E-state index contributed by atoms with van der Waals surface area (Å²) in [6, 6.07) is 21.6. The Bertz CT molecular complexity index is 1130. The molecule has 5 heterocycles. The molecule has 1 saturated heterocycles. The van der Waals surface area contributed by atoms with Crippen LogP contribution >= 0.6 is 0 Å². The number of pyridine rings is 1. The lowest BCUT2D eigenvalue weighted by Crippen LogP contribution is -2.29. The van der Waals surface area contributed by atoms with E-state index in [-0.39, 0.29) is 0 Å². The number of hydrogen-bond acceptors (Lipinski definition) is 2. The molecule has 0 radical (unpaired) electrons. The van der Waals surface area contributed by atoms with E-state index in [1.165, 1.54) is 53.5 Å². The van der Waals surface area contributed by atoms with Gasteiger partial charge in [-0.25, -0.2) is 4.98 Å². The Morgan fingerprint density at radius 2 is 1.65 bits per heavy atom. The van der Waals surface area contributed by atoms with Crippen LogP contribution in [0.2, 0.25) is 0 Å². The summed E-state index contributed by atoms with van der Waals surface area (Å²) < 4.78 is 2.45. The van der Waals surface area contributed by atoms with Gasteiger partial charge in [0.05, 0.1) is 11.0 Å². The van der Waals surface area contributed by atoms with Crippen LogP contribution in [0.4, 0.5) is 0 Å². The van der Waals surface area contributed by atoms with Crippen LogP contribution in [0.15, 0.2) is 60.7 Å². The Kier molecular flexibility index (Phi) is 3.03. The van der Waals surface area contributed by atoms with Gasteiger partial charge in [0.25, 0.3) is 0 Å². The van der Waals surface area contributed by atoms with E-state index in [1.807, 2.05) is 0 Å². The maximum absolute atomic E-state index is 5.04. The van der Waals surface area contributed by atoms with Crippen LogP contribution in [-0.2, 0) is 6.54 Å². The third-order valence-electron chi connectivity index (χ3n) is 6.19. The van der Waals surface area contributed by atoms with Crippen LogP contribution in [0.3, 0.4) is 0 Å². The summed E-state index contributed by atoms with van der Waals surface area (Å²) in [7, 11) is 0. The maximum atomic E-state index is 5.04. The second-order valence-corrected chi connectivity index (χ2v) is 7.63. The Morgan fingerprint density at radius 1 is 0.846 bits per heavy atom. The molecule has 0 unspecified atom stereocenters. The van der Waals surface area contributed by atoms with Crippen molar-refractivity contribution in [2.45, 2.75) is 25.3 Å². The van der Waals surface area contributed by atoms with Crippen molar-refractivity contribution in [2.75, 3.05) is 13.1 Å². The zero-order valence-electron chi connectivity index (χ0n) is 14.7. The highest BCUT2D eigenvalue weighted by atomic mass is 15.2. The normalized spacial score (nSPS) is 21.8. The molecule has 4 aromatic rings. The first-order chi connectivity index (χ1) is 12.9. The lowest BCUT2D eigenvalue weighted by Gasteiger charge is -2.27. The highest BCUT2D eigenvalue weighted by Crippen LogP contribution is 2.42. The molecular weight excluding hydrogens is 318 g/mol. The van der Waals surface area contributed by atoms with E-state index in [9.17, 15) is 0 Å². The van der Waals surface area contributed by atoms with Crippen LogP contribution in [0.1, 0.15) is 30.0 Å². The summed E-state index contributed by atoms with van der Waals surface area (Å²) >= 11 is 0. The van der Waals surface area contributed by atoms with Crippen molar-refractivity contribution in [2.24, 2.45) is 0 Å². The molecule has 3 heteroatoms. The summed E-state index contributed by atoms with van der Waals surface area (Å²) in [4.78, 5) is 7.66. The zero-order chi connectivity index (χ0) is 17.1. The van der Waals surface area contributed by atoms with Gasteiger partial charge in [0.15, 0.2) is 0 Å². The number of aromatic nitrogens is 2. The predicted octanol–water partition coefficient (Wildman–Crippen LogP) is 4.87. The number of piperidine rings is 1. The third-order valence-corrected chi connectivity index (χ3v) is 6.19. The minimum absolute atomic E-state index is 0.643. The maximum Gasteiger partial charge on any atom is 0.138 e. The molecule has 7 rings (SSSR count). The molecule has 2 aromatic carbocycles. The second kappa shape index (κ2) is 5.42. The summed E-state index contributed by atoms with van der Waals surface area (Å²) in [5.41, 5.74) is 5.40. The topological polar surface area (TPSA) is 21.1 Å². The number of rotatable bonds is 1. The average Bonchev–Trinajstić information content (AvgIpc) is 2.81. The van der Waals surface area contributed by atoms with Crippen molar-refractivity contribution in [3.63, 3.8) is 0 Å². The lowest BCUT2D eigenvalue weighted by molar-refractivity contribution is 0.220. The van der Waals surface area contributed by atoms with Gasteiger partial charge < -0.3 is 0 Å². The Labute approximate surface area is 152 Å². The van der Waals surface area contributed by atoms with E-state index in [0.717, 1.165) is 17.9 Å². The standard InChI is InChI=1S/C23H21N3/c1-3-7-20-16(5-1)9-10-22(24-20)26-21-8-4-2-6-18(21)19-15-25-13-11-17(12-14-25)23(19)26/h1-10,17H,11-15H2. The monoisotopic (exact) mass is 339 g/mol. The molecule has 1 fully saturated rings. The molecule has 0 atom stereocenters. The van der Waals surface area contributed by atoms with Crippen molar-refractivity contribution >= 4 is 21.8 Å². The molecule has 0 N–H and O–H groups in total. The van der Waals surface area contributed by atoms with Crippen LogP contribution < -0.4 is 0 Å². The second-order valence-electron chi connectivity index (χ2n) is 7.63. The van der Waals surface area contributed by atoms with Crippen LogP contribution in [0, 0.1) is 0 Å². The first-order valence-corrected chi connectivity index (χ1v) is 9.59. The molecule has 128 valence electrons. The molecule has 3 aliphatic rings. The number of nitrogens with zero attached hydrogens (tertiary/aromatic N) is 3. The van der Waals surface area contributed by atoms with Crippen molar-refractivity contribution in [1.82, 2.24) is 14.5 Å². The number of benzene rings is 2. The van der Waals surface area contributed by atoms with Crippen molar-refractivity contribution < 1.29 is 0 Å². The molecule has 0 amide bonds. The summed E-state index contributed by atoms with van der Waals surface area (Å²) in [6.07, 6.45) is 2.52. The molecule has 26 heavy (non-hydrogen) atoms. The molecule has 0 aliphatic carbocycles. The minimum Gasteiger partial charge on any atom is -0.299 e. The van der Waals surface area contributed by atoms with Gasteiger partial charge in [-0.1, -0.05) is 36.4 Å². The quantitative estimate of drug-likeness (QED) is 0.493. The van der Waals surface area contributed by atoms with Gasteiger partial charge in [0.1, 0.15) is 5.82 Å². The van der Waals surface area contributed by atoms with Crippen LogP contribution in [0.25, 0.3) is 27.6 Å². The van der Waals surface area contributed by atoms with Crippen molar-refractivity contribution in [3.8, 4) is 5.82 Å². The van der Waals surface area contributed by atoms with Crippen LogP contribution in [0.5, 0.6) is 0 Å². The van der Waals surface area contributed by atoms with E-state index < -0.39 is 0 Å². The van der Waals surface area contributed by atoms with Gasteiger partial charge in [-0.05, 0) is 55.8 Å². The van der Waals surface area contributed by atoms with Crippen molar-refractivity contribution in [1.29, 1.82) is 0 Å². The molecule has 3 nitrogen and oxygen atoms in total. The molecule has 0 spiro atoms. The third kappa shape index (κ3) is 2.01. The Hall–Kier alpha value is -2.65. The van der Waals surface area contributed by atoms with Gasteiger partial charge in [0, 0.05) is 28.9 Å². The van der Waals surface area contributed by atoms with Gasteiger partial charge in [-0.2, -0.15) is 0 Å². The molecule has 2 aromatic heterocycles. The van der Waals surface area contributed by atoms with Gasteiger partial charge in [-0.15, -0.1) is 0 Å². The number of fused-ring (bicyclic) bond motifs is 4. The Balaban J connectivity index is 1.69. The molecule has 2 bridgehead atoms. The fraction of sp³-hybridized carbons (Fsp3) is 0.261. The highest BCUT2D eigenvalue weighted by Gasteiger charge is 2.33. The highest BCUT2D eigenvalue weighted by molar-refractivity contribution is 5.88. The number of para-hydroxylation sites is 2. The van der Waals surface area contributed by atoms with Gasteiger partial charge >= 0.3 is 0 Å². The Morgan fingerprint density at radius 3 is 2.58 bits per heavy atom. The fourth-order valence-corrected chi connectivity index (χ4v) is 4.94. The van der Waals surface area contributed by atoms with E-state index >= 15 is 0 Å². The minimum atomic E-state index is 0.643. The summed E-state index contributed by atoms with van der Waals surface area (Å²) in [6.45, 7) is 3.52. The summed E-state index contributed by atoms with van der Waals surface area (Å²) in [5, 5.41) is 2.60. The van der Waals surface area contributed by atoms with E-state index in [4.69, 9.17) is 4.98 Å². The van der Waals surface area contributed by atoms with E-state index in [0.29, 0.717) is 5.92 Å². The van der Waals surface area contributed by atoms with Gasteiger partial charge in [-0.3, -0.25) is 9.47 Å². The van der Waals surface area contributed by atoms with Gasteiger partial charge in [0.2, 0.25) is 0 Å². The average molecular weight is 339 g/mol. The molecule has 3 aliphatic heterocycles. The predicted molar refractivity (Wildman–Crippen MR) is 106 cm³/mol. The molecule has 0 saturated carbocycles. The van der Waals surface area contributed by atoms with Crippen LogP contribution in [-0.4, -0.2) is 27.5 Å². The first kappa shape index (κ1) is 14.5. The zero-order valence-corrected chi connectivity index (χ0v) is 14.7. The smallest absolute Gasteiger partial charge is 0.138 e. The fourth-order valence-electron chi connectivity index (χ4n) is 4.94. The van der Waals surface area contributed by atoms with E-state index in [2.05, 4.69) is 70.1 Å². The SMILES string of the molecule is c1ccc2nc(-n3c4c(c5ccccc53)CN3CCC4CC3)ccc2c1. The number of hydrogen-bond donors (Lipinski definition) is 0. The first-order valence-electron chi connectivity index (χ1n) is 9.59. The molecular formula is C23H21N3. The summed E-state index contributed by atoms with van der Waals surface area (Å²) in [5.74, 6) is 1.70. The van der Waals surface area contributed by atoms with Crippen molar-refractivity contribution in [3.05, 3.63) is 71.9 Å². The largest absolute Gasteiger partial charge is 0.299 e. The van der Waals surface area contributed by atoms with E-state index in [1.54, 1.807) is 0 Å².